The SMILES string of the molecule is O=C(NNc1ccc(C(F)(F)F)cc1[N+](=O)[O-])C1CC(=O)N(c2ccccc2Cl)C1. The number of para-hydroxylation sites is 1. The summed E-state index contributed by atoms with van der Waals surface area (Å²) in [5.41, 5.74) is 2.56. The molecule has 0 spiro atoms. The van der Waals surface area contributed by atoms with Crippen molar-refractivity contribution in [1.82, 2.24) is 5.43 Å². The third-order valence-corrected chi connectivity index (χ3v) is 4.80. The minimum atomic E-state index is -4.75. The van der Waals surface area contributed by atoms with E-state index in [1.165, 1.54) is 4.90 Å². The first-order valence-electron chi connectivity index (χ1n) is 8.54. The lowest BCUT2D eigenvalue weighted by Crippen LogP contribution is -2.36. The highest BCUT2D eigenvalue weighted by molar-refractivity contribution is 6.33. The van der Waals surface area contributed by atoms with Crippen LogP contribution in [-0.2, 0) is 15.8 Å². The molecule has 1 aliphatic rings. The molecule has 2 aromatic rings. The Balaban J connectivity index is 1.70. The number of hydrazine groups is 1. The van der Waals surface area contributed by atoms with Gasteiger partial charge in [-0.25, -0.2) is 0 Å². The number of benzene rings is 2. The first-order chi connectivity index (χ1) is 14.1. The number of nitrogens with one attached hydrogen (secondary N) is 2. The zero-order chi connectivity index (χ0) is 22.1. The van der Waals surface area contributed by atoms with Crippen LogP contribution in [0.25, 0.3) is 0 Å². The number of nitro groups is 1. The van der Waals surface area contributed by atoms with Gasteiger partial charge in [0, 0.05) is 19.0 Å². The van der Waals surface area contributed by atoms with Crippen LogP contribution >= 0.6 is 11.6 Å². The Morgan fingerprint density at radius 3 is 2.57 bits per heavy atom. The number of halogens is 4. The van der Waals surface area contributed by atoms with Crippen LogP contribution in [-0.4, -0.2) is 23.3 Å². The molecule has 0 aliphatic carbocycles. The van der Waals surface area contributed by atoms with Crippen molar-refractivity contribution in [2.75, 3.05) is 16.9 Å². The number of nitrogens with zero attached hydrogens (tertiary/aromatic N) is 2. The van der Waals surface area contributed by atoms with Gasteiger partial charge in [0.2, 0.25) is 11.8 Å². The summed E-state index contributed by atoms with van der Waals surface area (Å²) < 4.78 is 38.3. The first-order valence-corrected chi connectivity index (χ1v) is 8.92. The number of anilines is 2. The molecule has 1 fully saturated rings. The molecule has 1 unspecified atom stereocenters. The van der Waals surface area contributed by atoms with E-state index < -0.39 is 34.2 Å². The van der Waals surface area contributed by atoms with Gasteiger partial charge in [0.25, 0.3) is 5.69 Å². The third-order valence-electron chi connectivity index (χ3n) is 4.48. The molecular formula is C18H14ClF3N4O4. The summed E-state index contributed by atoms with van der Waals surface area (Å²) >= 11 is 6.08. The van der Waals surface area contributed by atoms with Crippen LogP contribution in [0.2, 0.25) is 5.02 Å². The molecule has 12 heteroatoms. The predicted molar refractivity (Wildman–Crippen MR) is 102 cm³/mol. The number of hydrogen-bond acceptors (Lipinski definition) is 5. The van der Waals surface area contributed by atoms with Crippen molar-refractivity contribution in [3.63, 3.8) is 0 Å². The Bertz CT molecular complexity index is 1020. The van der Waals surface area contributed by atoms with Crippen molar-refractivity contribution in [3.05, 3.63) is 63.2 Å². The smallest absolute Gasteiger partial charge is 0.310 e. The quantitative estimate of drug-likeness (QED) is 0.542. The average molecular weight is 443 g/mol. The lowest BCUT2D eigenvalue weighted by molar-refractivity contribution is -0.384. The number of nitro benzene ring substituents is 1. The summed E-state index contributed by atoms with van der Waals surface area (Å²) in [5, 5.41) is 11.4. The molecule has 158 valence electrons. The van der Waals surface area contributed by atoms with Gasteiger partial charge in [-0.3, -0.25) is 30.6 Å². The summed E-state index contributed by atoms with van der Waals surface area (Å²) in [6.45, 7) is 0.0329. The van der Waals surface area contributed by atoms with E-state index in [-0.39, 0.29) is 24.6 Å². The standard InChI is InChI=1S/C18H14ClF3N4O4/c19-12-3-1-2-4-14(12)25-9-10(7-16(25)27)17(28)24-23-13-6-5-11(18(20,21)22)8-15(13)26(29)30/h1-6,8,10,23H,7,9H2,(H,24,28). The van der Waals surface area contributed by atoms with Crippen molar-refractivity contribution in [2.24, 2.45) is 5.92 Å². The Morgan fingerprint density at radius 2 is 1.93 bits per heavy atom. The average Bonchev–Trinajstić information content (AvgIpc) is 3.07. The summed E-state index contributed by atoms with van der Waals surface area (Å²) in [6.07, 6.45) is -4.87. The molecule has 1 saturated heterocycles. The molecule has 2 aromatic carbocycles. The van der Waals surface area contributed by atoms with Crippen molar-refractivity contribution in [2.45, 2.75) is 12.6 Å². The maximum absolute atomic E-state index is 12.8. The number of hydrogen-bond donors (Lipinski definition) is 2. The van der Waals surface area contributed by atoms with Crippen LogP contribution in [0.4, 0.5) is 30.2 Å². The molecular weight excluding hydrogens is 429 g/mol. The van der Waals surface area contributed by atoms with Crippen molar-refractivity contribution < 1.29 is 27.7 Å². The zero-order valence-electron chi connectivity index (χ0n) is 15.1. The fourth-order valence-electron chi connectivity index (χ4n) is 2.98. The molecule has 8 nitrogen and oxygen atoms in total. The van der Waals surface area contributed by atoms with E-state index in [2.05, 4.69) is 10.9 Å². The molecule has 1 heterocycles. The normalized spacial score (nSPS) is 16.5. The molecule has 2 amide bonds. The topological polar surface area (TPSA) is 105 Å². The fraction of sp³-hybridized carbons (Fsp3) is 0.222. The van der Waals surface area contributed by atoms with Gasteiger partial charge in [0.05, 0.1) is 27.1 Å². The van der Waals surface area contributed by atoms with E-state index in [9.17, 15) is 32.9 Å². The van der Waals surface area contributed by atoms with E-state index >= 15 is 0 Å². The van der Waals surface area contributed by atoms with Gasteiger partial charge in [-0.05, 0) is 24.3 Å². The van der Waals surface area contributed by atoms with E-state index in [1.807, 2.05) is 0 Å². The Labute approximate surface area is 172 Å². The van der Waals surface area contributed by atoms with Crippen LogP contribution in [0.3, 0.4) is 0 Å². The Kier molecular flexibility index (Phi) is 5.83. The summed E-state index contributed by atoms with van der Waals surface area (Å²) in [5.74, 6) is -1.76. The van der Waals surface area contributed by atoms with Gasteiger partial charge in [-0.15, -0.1) is 0 Å². The summed E-state index contributed by atoms with van der Waals surface area (Å²) in [4.78, 5) is 36.1. The van der Waals surface area contributed by atoms with Crippen molar-refractivity contribution >= 4 is 40.5 Å². The van der Waals surface area contributed by atoms with Crippen LogP contribution in [0.5, 0.6) is 0 Å². The van der Waals surface area contributed by atoms with Gasteiger partial charge in [-0.2, -0.15) is 13.2 Å². The molecule has 3 rings (SSSR count). The molecule has 0 saturated carbocycles. The second kappa shape index (κ2) is 8.19. The number of rotatable bonds is 5. The molecule has 0 bridgehead atoms. The van der Waals surface area contributed by atoms with Crippen molar-refractivity contribution in [1.29, 1.82) is 0 Å². The molecule has 1 atom stereocenters. The third kappa shape index (κ3) is 4.46. The highest BCUT2D eigenvalue weighted by atomic mass is 35.5. The second-order valence-electron chi connectivity index (χ2n) is 6.46. The van der Waals surface area contributed by atoms with Crippen LogP contribution in [0.1, 0.15) is 12.0 Å². The van der Waals surface area contributed by atoms with Gasteiger partial charge < -0.3 is 4.90 Å². The fourth-order valence-corrected chi connectivity index (χ4v) is 3.22. The number of amides is 2. The first kappa shape index (κ1) is 21.4. The van der Waals surface area contributed by atoms with E-state index in [1.54, 1.807) is 24.3 Å². The summed E-state index contributed by atoms with van der Waals surface area (Å²) in [6, 6.07) is 8.47. The highest BCUT2D eigenvalue weighted by Crippen LogP contribution is 2.35. The second-order valence-corrected chi connectivity index (χ2v) is 6.87. The zero-order valence-corrected chi connectivity index (χ0v) is 15.8. The van der Waals surface area contributed by atoms with Gasteiger partial charge >= 0.3 is 6.18 Å². The van der Waals surface area contributed by atoms with E-state index in [4.69, 9.17) is 11.6 Å². The lowest BCUT2D eigenvalue weighted by atomic mass is 10.1. The minimum Gasteiger partial charge on any atom is -0.310 e. The van der Waals surface area contributed by atoms with Crippen LogP contribution in [0, 0.1) is 16.0 Å². The van der Waals surface area contributed by atoms with Gasteiger partial charge in [0.1, 0.15) is 5.69 Å². The maximum atomic E-state index is 12.8. The van der Waals surface area contributed by atoms with Crippen molar-refractivity contribution in [3.8, 4) is 0 Å². The molecule has 30 heavy (non-hydrogen) atoms. The predicted octanol–water partition coefficient (Wildman–Crippen LogP) is 3.76. The highest BCUT2D eigenvalue weighted by Gasteiger charge is 2.36. The molecule has 2 N–H and O–H groups in total. The monoisotopic (exact) mass is 442 g/mol. The molecule has 0 radical (unpaired) electrons. The maximum Gasteiger partial charge on any atom is 0.416 e. The number of alkyl halides is 3. The van der Waals surface area contributed by atoms with E-state index in [0.717, 1.165) is 6.07 Å². The van der Waals surface area contributed by atoms with Gasteiger partial charge in [-0.1, -0.05) is 23.7 Å². The van der Waals surface area contributed by atoms with E-state index in [0.29, 0.717) is 22.8 Å². The van der Waals surface area contributed by atoms with Crippen LogP contribution < -0.4 is 15.8 Å². The Morgan fingerprint density at radius 1 is 1.23 bits per heavy atom. The number of carbonyl (C=O) groups excluding carboxylic acids is 2. The number of carbonyl (C=O) groups is 2. The molecule has 0 aromatic heterocycles. The van der Waals surface area contributed by atoms with Crippen LogP contribution in [0.15, 0.2) is 42.5 Å². The molecule has 1 aliphatic heterocycles. The van der Waals surface area contributed by atoms with Gasteiger partial charge in [0.15, 0.2) is 0 Å². The lowest BCUT2D eigenvalue weighted by Gasteiger charge is -2.18. The Hall–Kier alpha value is -3.34. The minimum absolute atomic E-state index is 0.0329. The summed E-state index contributed by atoms with van der Waals surface area (Å²) in [7, 11) is 0. The largest absolute Gasteiger partial charge is 0.416 e.